The van der Waals surface area contributed by atoms with E-state index in [4.69, 9.17) is 4.74 Å². The molecule has 2 atom stereocenters. The Bertz CT molecular complexity index is 367. The third-order valence-electron chi connectivity index (χ3n) is 3.69. The van der Waals surface area contributed by atoms with E-state index < -0.39 is 0 Å². The molecule has 3 heteroatoms. The molecule has 2 rings (SSSR count). The summed E-state index contributed by atoms with van der Waals surface area (Å²) in [4.78, 5) is 2.30. The van der Waals surface area contributed by atoms with Crippen LogP contribution in [0.1, 0.15) is 13.3 Å². The van der Waals surface area contributed by atoms with Crippen LogP contribution in [0.5, 0.6) is 5.75 Å². The summed E-state index contributed by atoms with van der Waals surface area (Å²) in [6.45, 7) is 4.49. The molecule has 0 bridgehead atoms. The van der Waals surface area contributed by atoms with Crippen molar-refractivity contribution in [1.29, 1.82) is 0 Å². The SMILES string of the molecule is COc1ccccc1N(C)CC1CCNC1C. The molecule has 1 fully saturated rings. The van der Waals surface area contributed by atoms with Gasteiger partial charge in [-0.3, -0.25) is 0 Å². The second-order valence-corrected chi connectivity index (χ2v) is 4.84. The Kier molecular flexibility index (Phi) is 3.89. The molecule has 3 nitrogen and oxygen atoms in total. The van der Waals surface area contributed by atoms with Crippen LogP contribution in [0.15, 0.2) is 24.3 Å². The van der Waals surface area contributed by atoms with Crippen molar-refractivity contribution in [3.8, 4) is 5.75 Å². The van der Waals surface area contributed by atoms with E-state index in [9.17, 15) is 0 Å². The maximum atomic E-state index is 5.40. The summed E-state index contributed by atoms with van der Waals surface area (Å²) in [5, 5.41) is 3.50. The first-order valence-electron chi connectivity index (χ1n) is 6.30. The van der Waals surface area contributed by atoms with Gasteiger partial charge in [-0.1, -0.05) is 12.1 Å². The van der Waals surface area contributed by atoms with E-state index in [2.05, 4.69) is 36.3 Å². The average Bonchev–Trinajstić information content (AvgIpc) is 2.75. The minimum absolute atomic E-state index is 0.618. The molecule has 17 heavy (non-hydrogen) atoms. The maximum absolute atomic E-state index is 5.40. The van der Waals surface area contributed by atoms with Crippen molar-refractivity contribution in [1.82, 2.24) is 5.32 Å². The lowest BCUT2D eigenvalue weighted by Crippen LogP contribution is -2.32. The Morgan fingerprint density at radius 3 is 2.82 bits per heavy atom. The van der Waals surface area contributed by atoms with Gasteiger partial charge in [0.05, 0.1) is 12.8 Å². The van der Waals surface area contributed by atoms with Gasteiger partial charge in [0.25, 0.3) is 0 Å². The number of nitrogens with zero attached hydrogens (tertiary/aromatic N) is 1. The Labute approximate surface area is 104 Å². The Morgan fingerprint density at radius 2 is 2.18 bits per heavy atom. The highest BCUT2D eigenvalue weighted by Crippen LogP contribution is 2.28. The van der Waals surface area contributed by atoms with E-state index in [1.807, 2.05) is 12.1 Å². The molecule has 0 aliphatic carbocycles. The minimum atomic E-state index is 0.618. The van der Waals surface area contributed by atoms with E-state index in [-0.39, 0.29) is 0 Å². The molecule has 2 unspecified atom stereocenters. The van der Waals surface area contributed by atoms with Gasteiger partial charge in [0.2, 0.25) is 0 Å². The molecule has 1 heterocycles. The first kappa shape index (κ1) is 12.2. The number of methoxy groups -OCH3 is 1. The Morgan fingerprint density at radius 1 is 1.41 bits per heavy atom. The van der Waals surface area contributed by atoms with E-state index in [1.54, 1.807) is 7.11 Å². The molecule has 1 aromatic carbocycles. The average molecular weight is 234 g/mol. The van der Waals surface area contributed by atoms with E-state index >= 15 is 0 Å². The summed E-state index contributed by atoms with van der Waals surface area (Å²) in [6, 6.07) is 8.82. The van der Waals surface area contributed by atoms with Crippen molar-refractivity contribution in [2.24, 2.45) is 5.92 Å². The third kappa shape index (κ3) is 2.72. The predicted molar refractivity (Wildman–Crippen MR) is 71.8 cm³/mol. The monoisotopic (exact) mass is 234 g/mol. The molecule has 1 saturated heterocycles. The number of ether oxygens (including phenoxy) is 1. The van der Waals surface area contributed by atoms with Crippen molar-refractivity contribution >= 4 is 5.69 Å². The Balaban J connectivity index is 2.06. The highest BCUT2D eigenvalue weighted by Gasteiger charge is 2.24. The lowest BCUT2D eigenvalue weighted by Gasteiger charge is -2.26. The number of anilines is 1. The molecule has 1 aromatic rings. The molecule has 1 N–H and O–H groups in total. The number of hydrogen-bond donors (Lipinski definition) is 1. The zero-order valence-corrected chi connectivity index (χ0v) is 10.9. The van der Waals surface area contributed by atoms with Crippen LogP contribution in [0.25, 0.3) is 0 Å². The fraction of sp³-hybridized carbons (Fsp3) is 0.571. The van der Waals surface area contributed by atoms with Crippen LogP contribution in [0, 0.1) is 5.92 Å². The smallest absolute Gasteiger partial charge is 0.142 e. The van der Waals surface area contributed by atoms with Gasteiger partial charge in [-0.2, -0.15) is 0 Å². The standard InChI is InChI=1S/C14H22N2O/c1-11-12(8-9-15-11)10-16(2)13-6-4-5-7-14(13)17-3/h4-7,11-12,15H,8-10H2,1-3H3. The molecular weight excluding hydrogens is 212 g/mol. The molecular formula is C14H22N2O. The lowest BCUT2D eigenvalue weighted by molar-refractivity contribution is 0.412. The molecule has 0 radical (unpaired) electrons. The zero-order chi connectivity index (χ0) is 12.3. The Hall–Kier alpha value is -1.22. The van der Waals surface area contributed by atoms with Crippen molar-refractivity contribution in [2.45, 2.75) is 19.4 Å². The minimum Gasteiger partial charge on any atom is -0.495 e. The summed E-state index contributed by atoms with van der Waals surface area (Å²) in [5.74, 6) is 1.68. The number of nitrogens with one attached hydrogen (secondary N) is 1. The number of benzene rings is 1. The predicted octanol–water partition coefficient (Wildman–Crippen LogP) is 2.13. The van der Waals surface area contributed by atoms with Crippen molar-refractivity contribution in [3.63, 3.8) is 0 Å². The summed E-state index contributed by atoms with van der Waals surface area (Å²) in [6.07, 6.45) is 1.26. The number of rotatable bonds is 4. The van der Waals surface area contributed by atoms with Gasteiger partial charge in [0.15, 0.2) is 0 Å². The summed E-state index contributed by atoms with van der Waals surface area (Å²) < 4.78 is 5.40. The molecule has 0 spiro atoms. The van der Waals surface area contributed by atoms with E-state index in [1.165, 1.54) is 12.1 Å². The van der Waals surface area contributed by atoms with E-state index in [0.29, 0.717) is 6.04 Å². The summed E-state index contributed by atoms with van der Waals surface area (Å²) in [5.41, 5.74) is 1.18. The van der Waals surface area contributed by atoms with Gasteiger partial charge in [0.1, 0.15) is 5.75 Å². The summed E-state index contributed by atoms with van der Waals surface area (Å²) in [7, 11) is 3.87. The van der Waals surface area contributed by atoms with Gasteiger partial charge in [-0.25, -0.2) is 0 Å². The second-order valence-electron chi connectivity index (χ2n) is 4.84. The first-order valence-corrected chi connectivity index (χ1v) is 6.30. The highest BCUT2D eigenvalue weighted by atomic mass is 16.5. The van der Waals surface area contributed by atoms with Crippen LogP contribution in [0.2, 0.25) is 0 Å². The fourth-order valence-electron chi connectivity index (χ4n) is 2.56. The van der Waals surface area contributed by atoms with Crippen molar-refractivity contribution in [2.75, 3.05) is 32.1 Å². The third-order valence-corrected chi connectivity index (χ3v) is 3.69. The normalized spacial score (nSPS) is 23.7. The zero-order valence-electron chi connectivity index (χ0n) is 10.9. The second kappa shape index (κ2) is 5.41. The van der Waals surface area contributed by atoms with Crippen LogP contribution in [0.4, 0.5) is 5.69 Å². The number of hydrogen-bond acceptors (Lipinski definition) is 3. The van der Waals surface area contributed by atoms with Gasteiger partial charge < -0.3 is 15.0 Å². The van der Waals surface area contributed by atoms with Crippen LogP contribution in [-0.4, -0.2) is 33.3 Å². The van der Waals surface area contributed by atoms with Crippen molar-refractivity contribution < 1.29 is 4.74 Å². The van der Waals surface area contributed by atoms with Crippen LogP contribution in [0.3, 0.4) is 0 Å². The maximum Gasteiger partial charge on any atom is 0.142 e. The highest BCUT2D eigenvalue weighted by molar-refractivity contribution is 5.57. The van der Waals surface area contributed by atoms with Crippen LogP contribution in [-0.2, 0) is 0 Å². The van der Waals surface area contributed by atoms with Gasteiger partial charge >= 0.3 is 0 Å². The topological polar surface area (TPSA) is 24.5 Å². The van der Waals surface area contributed by atoms with E-state index in [0.717, 1.165) is 24.8 Å². The van der Waals surface area contributed by atoms with Crippen LogP contribution < -0.4 is 15.0 Å². The molecule has 0 saturated carbocycles. The fourth-order valence-corrected chi connectivity index (χ4v) is 2.56. The van der Waals surface area contributed by atoms with Crippen LogP contribution >= 0.6 is 0 Å². The molecule has 1 aliphatic rings. The van der Waals surface area contributed by atoms with Gasteiger partial charge in [-0.05, 0) is 37.9 Å². The molecule has 0 aromatic heterocycles. The van der Waals surface area contributed by atoms with Gasteiger partial charge in [-0.15, -0.1) is 0 Å². The summed E-state index contributed by atoms with van der Waals surface area (Å²) >= 11 is 0. The molecule has 0 amide bonds. The molecule has 94 valence electrons. The lowest BCUT2D eigenvalue weighted by atomic mass is 10.0. The number of para-hydroxylation sites is 2. The molecule has 1 aliphatic heterocycles. The van der Waals surface area contributed by atoms with Gasteiger partial charge in [0, 0.05) is 19.6 Å². The first-order chi connectivity index (χ1) is 8.22. The quantitative estimate of drug-likeness (QED) is 0.863. The largest absolute Gasteiger partial charge is 0.495 e. The van der Waals surface area contributed by atoms with Crippen molar-refractivity contribution in [3.05, 3.63) is 24.3 Å².